The van der Waals surface area contributed by atoms with Crippen LogP contribution < -0.4 is 0 Å². The van der Waals surface area contributed by atoms with E-state index in [1.54, 1.807) is 0 Å². The van der Waals surface area contributed by atoms with Crippen LogP contribution in [0.1, 0.15) is 12.0 Å². The highest BCUT2D eigenvalue weighted by molar-refractivity contribution is 5.13. The predicted molar refractivity (Wildman–Crippen MR) is 41.8 cm³/mol. The molecule has 1 rings (SSSR count). The lowest BCUT2D eigenvalue weighted by Gasteiger charge is -2.01. The van der Waals surface area contributed by atoms with E-state index in [0.717, 1.165) is 5.56 Å². The Labute approximate surface area is 66.1 Å². The van der Waals surface area contributed by atoms with Crippen LogP contribution in [0, 0.1) is 6.07 Å². The van der Waals surface area contributed by atoms with Crippen LogP contribution in [0.5, 0.6) is 0 Å². The fraction of sp³-hybridized carbons (Fsp3) is 0.333. The summed E-state index contributed by atoms with van der Waals surface area (Å²) < 4.78 is 0. The number of rotatable bonds is 3. The summed E-state index contributed by atoms with van der Waals surface area (Å²) in [5, 5.41) is 17.1. The van der Waals surface area contributed by atoms with Gasteiger partial charge in [-0.2, -0.15) is 0 Å². The highest BCUT2D eigenvalue weighted by atomic mass is 16.5. The van der Waals surface area contributed by atoms with E-state index < -0.39 is 6.29 Å². The molecule has 0 amide bonds. The monoisotopic (exact) mass is 151 g/mol. The second-order valence-corrected chi connectivity index (χ2v) is 2.43. The van der Waals surface area contributed by atoms with E-state index in [9.17, 15) is 0 Å². The molecule has 0 saturated heterocycles. The van der Waals surface area contributed by atoms with Crippen LogP contribution >= 0.6 is 0 Å². The molecule has 0 bridgehead atoms. The summed E-state index contributed by atoms with van der Waals surface area (Å²) in [5.74, 6) is 0. The van der Waals surface area contributed by atoms with Gasteiger partial charge in [-0.15, -0.1) is 0 Å². The Balaban J connectivity index is 2.39. The van der Waals surface area contributed by atoms with Crippen molar-refractivity contribution in [2.24, 2.45) is 0 Å². The van der Waals surface area contributed by atoms with Crippen molar-refractivity contribution in [1.82, 2.24) is 0 Å². The lowest BCUT2D eigenvalue weighted by Crippen LogP contribution is -2.05. The van der Waals surface area contributed by atoms with Crippen LogP contribution in [-0.4, -0.2) is 16.5 Å². The summed E-state index contributed by atoms with van der Waals surface area (Å²) in [6.45, 7) is 0. The highest BCUT2D eigenvalue weighted by Gasteiger charge is 1.97. The quantitative estimate of drug-likeness (QED) is 0.625. The maximum Gasteiger partial charge on any atom is 0.151 e. The maximum atomic E-state index is 8.56. The molecular weight excluding hydrogens is 140 g/mol. The number of hydrogen-bond donors (Lipinski definition) is 2. The zero-order valence-corrected chi connectivity index (χ0v) is 6.20. The smallest absolute Gasteiger partial charge is 0.151 e. The van der Waals surface area contributed by atoms with E-state index in [-0.39, 0.29) is 0 Å². The molecule has 1 radical (unpaired) electrons. The summed E-state index contributed by atoms with van der Waals surface area (Å²) in [6.07, 6.45) is -0.102. The molecule has 0 saturated carbocycles. The number of aliphatic hydroxyl groups is 2. The normalized spacial score (nSPS) is 10.5. The van der Waals surface area contributed by atoms with E-state index in [0.29, 0.717) is 12.8 Å². The molecule has 0 aromatic heterocycles. The van der Waals surface area contributed by atoms with Crippen molar-refractivity contribution >= 4 is 0 Å². The third-order valence-corrected chi connectivity index (χ3v) is 1.48. The molecule has 2 nitrogen and oxygen atoms in total. The van der Waals surface area contributed by atoms with Crippen molar-refractivity contribution in [3.63, 3.8) is 0 Å². The molecule has 0 fully saturated rings. The molecule has 0 aliphatic rings. The van der Waals surface area contributed by atoms with Gasteiger partial charge in [0.1, 0.15) is 0 Å². The van der Waals surface area contributed by atoms with Crippen LogP contribution in [0.4, 0.5) is 0 Å². The number of aryl methyl sites for hydroxylation is 1. The molecule has 2 N–H and O–H groups in total. The Bertz CT molecular complexity index is 194. The lowest BCUT2D eigenvalue weighted by molar-refractivity contribution is -0.0446. The van der Waals surface area contributed by atoms with Gasteiger partial charge >= 0.3 is 0 Å². The van der Waals surface area contributed by atoms with Gasteiger partial charge in [0, 0.05) is 6.42 Å². The zero-order chi connectivity index (χ0) is 8.10. The van der Waals surface area contributed by atoms with Crippen molar-refractivity contribution in [2.75, 3.05) is 0 Å². The van der Waals surface area contributed by atoms with Crippen molar-refractivity contribution in [1.29, 1.82) is 0 Å². The molecule has 0 heterocycles. The van der Waals surface area contributed by atoms with Gasteiger partial charge in [0.2, 0.25) is 0 Å². The first-order valence-electron chi connectivity index (χ1n) is 3.60. The second-order valence-electron chi connectivity index (χ2n) is 2.43. The Morgan fingerprint density at radius 2 is 1.91 bits per heavy atom. The maximum absolute atomic E-state index is 8.56. The third-order valence-electron chi connectivity index (χ3n) is 1.48. The van der Waals surface area contributed by atoms with Gasteiger partial charge in [-0.3, -0.25) is 0 Å². The van der Waals surface area contributed by atoms with Crippen LogP contribution in [0.3, 0.4) is 0 Å². The van der Waals surface area contributed by atoms with Crippen LogP contribution in [0.25, 0.3) is 0 Å². The van der Waals surface area contributed by atoms with Gasteiger partial charge in [0.15, 0.2) is 6.29 Å². The van der Waals surface area contributed by atoms with Gasteiger partial charge in [0.05, 0.1) is 0 Å². The number of hydrogen-bond acceptors (Lipinski definition) is 2. The standard InChI is InChI=1S/C9H11O2/c10-9(11)7-6-8-4-2-1-3-5-8/h2-5,9-11H,6-7H2. The summed E-state index contributed by atoms with van der Waals surface area (Å²) >= 11 is 0. The minimum absolute atomic E-state index is 0.393. The average molecular weight is 151 g/mol. The van der Waals surface area contributed by atoms with Crippen LogP contribution in [-0.2, 0) is 6.42 Å². The fourth-order valence-corrected chi connectivity index (χ4v) is 0.884. The molecule has 11 heavy (non-hydrogen) atoms. The molecule has 1 aromatic rings. The van der Waals surface area contributed by atoms with Crippen molar-refractivity contribution in [3.8, 4) is 0 Å². The van der Waals surface area contributed by atoms with Gasteiger partial charge in [-0.05, 0) is 18.1 Å². The molecule has 2 heteroatoms. The average Bonchev–Trinajstić information content (AvgIpc) is 2.03. The van der Waals surface area contributed by atoms with Gasteiger partial charge in [0.25, 0.3) is 0 Å². The minimum Gasteiger partial charge on any atom is -0.368 e. The Hall–Kier alpha value is -0.860. The Kier molecular flexibility index (Phi) is 3.08. The number of benzene rings is 1. The predicted octanol–water partition coefficient (Wildman–Crippen LogP) is 0.730. The van der Waals surface area contributed by atoms with Crippen LogP contribution in [0.15, 0.2) is 24.3 Å². The summed E-state index contributed by atoms with van der Waals surface area (Å²) in [7, 11) is 0. The topological polar surface area (TPSA) is 40.5 Å². The molecule has 0 unspecified atom stereocenters. The Morgan fingerprint density at radius 1 is 1.27 bits per heavy atom. The van der Waals surface area contributed by atoms with E-state index in [4.69, 9.17) is 10.2 Å². The third kappa shape index (κ3) is 3.16. The van der Waals surface area contributed by atoms with Crippen molar-refractivity contribution in [2.45, 2.75) is 19.1 Å². The van der Waals surface area contributed by atoms with E-state index in [1.165, 1.54) is 0 Å². The van der Waals surface area contributed by atoms with E-state index in [1.807, 2.05) is 24.3 Å². The lowest BCUT2D eigenvalue weighted by atomic mass is 10.1. The first kappa shape index (κ1) is 8.24. The van der Waals surface area contributed by atoms with Gasteiger partial charge in [-0.25, -0.2) is 0 Å². The molecule has 1 aromatic carbocycles. The molecule has 0 aliphatic heterocycles. The fourth-order valence-electron chi connectivity index (χ4n) is 0.884. The van der Waals surface area contributed by atoms with Crippen molar-refractivity contribution < 1.29 is 10.2 Å². The second kappa shape index (κ2) is 4.11. The van der Waals surface area contributed by atoms with Gasteiger partial charge < -0.3 is 10.2 Å². The molecule has 0 aliphatic carbocycles. The van der Waals surface area contributed by atoms with Gasteiger partial charge in [-0.1, -0.05) is 24.3 Å². The summed E-state index contributed by atoms with van der Waals surface area (Å²) in [5.41, 5.74) is 1.11. The SMILES string of the molecule is OC(O)CCc1cc[c]cc1. The summed E-state index contributed by atoms with van der Waals surface area (Å²) in [6, 6.07) is 10.4. The molecular formula is C9H11O2. The molecule has 0 spiro atoms. The minimum atomic E-state index is -1.20. The Morgan fingerprint density at radius 3 is 2.45 bits per heavy atom. The first-order chi connectivity index (χ1) is 5.29. The van der Waals surface area contributed by atoms with Crippen LogP contribution in [0.2, 0.25) is 0 Å². The zero-order valence-electron chi connectivity index (χ0n) is 6.20. The summed E-state index contributed by atoms with van der Waals surface area (Å²) in [4.78, 5) is 0. The van der Waals surface area contributed by atoms with Crippen molar-refractivity contribution in [3.05, 3.63) is 35.9 Å². The highest BCUT2D eigenvalue weighted by Crippen LogP contribution is 2.02. The number of aliphatic hydroxyl groups excluding tert-OH is 1. The molecule has 0 atom stereocenters. The van der Waals surface area contributed by atoms with E-state index in [2.05, 4.69) is 6.07 Å². The largest absolute Gasteiger partial charge is 0.368 e. The van der Waals surface area contributed by atoms with E-state index >= 15 is 0 Å². The molecule has 59 valence electrons. The first-order valence-corrected chi connectivity index (χ1v) is 3.60.